The first kappa shape index (κ1) is 13.6. The van der Waals surface area contributed by atoms with Crippen LogP contribution in [0.3, 0.4) is 0 Å². The fraction of sp³-hybridized carbons (Fsp3) is 0.800. The summed E-state index contributed by atoms with van der Waals surface area (Å²) in [6, 6.07) is 3.23. The van der Waals surface area contributed by atoms with Gasteiger partial charge in [-0.2, -0.15) is 5.10 Å². The highest BCUT2D eigenvalue weighted by atomic mass is 15.3. The van der Waals surface area contributed by atoms with E-state index in [-0.39, 0.29) is 0 Å². The number of rotatable bonds is 4. The third kappa shape index (κ3) is 2.46. The summed E-state index contributed by atoms with van der Waals surface area (Å²) in [7, 11) is 0. The van der Waals surface area contributed by atoms with Crippen LogP contribution in [0, 0.1) is 19.3 Å². The summed E-state index contributed by atoms with van der Waals surface area (Å²) in [5.41, 5.74) is 2.79. The van der Waals surface area contributed by atoms with Crippen LogP contribution >= 0.6 is 0 Å². The molecule has 0 aliphatic heterocycles. The van der Waals surface area contributed by atoms with Crippen molar-refractivity contribution in [3.8, 4) is 0 Å². The lowest BCUT2D eigenvalue weighted by Gasteiger charge is -2.32. The molecule has 2 unspecified atom stereocenters. The third-order valence-electron chi connectivity index (χ3n) is 4.28. The zero-order valence-electron chi connectivity index (χ0n) is 12.5. The standard InChI is InChI=1S/C15H27N3/c1-6-9-16-14-13(7-8-15(14,4)5)18-12(3)10-11(2)17-18/h10,13-14,16H,6-9H2,1-5H3. The molecule has 1 aromatic heterocycles. The van der Waals surface area contributed by atoms with E-state index in [0.717, 1.165) is 12.2 Å². The summed E-state index contributed by atoms with van der Waals surface area (Å²) >= 11 is 0. The summed E-state index contributed by atoms with van der Waals surface area (Å²) in [5, 5.41) is 8.44. The zero-order valence-corrected chi connectivity index (χ0v) is 12.5. The van der Waals surface area contributed by atoms with Crippen molar-refractivity contribution in [1.29, 1.82) is 0 Å². The molecule has 1 aromatic rings. The fourth-order valence-electron chi connectivity index (χ4n) is 3.32. The number of nitrogens with one attached hydrogen (secondary N) is 1. The Labute approximate surface area is 111 Å². The van der Waals surface area contributed by atoms with Crippen molar-refractivity contribution in [2.24, 2.45) is 5.41 Å². The second-order valence-electron chi connectivity index (χ2n) is 6.40. The van der Waals surface area contributed by atoms with Gasteiger partial charge in [-0.3, -0.25) is 4.68 Å². The van der Waals surface area contributed by atoms with Gasteiger partial charge in [0.1, 0.15) is 0 Å². The molecule has 1 fully saturated rings. The Morgan fingerprint density at radius 2 is 2.17 bits per heavy atom. The third-order valence-corrected chi connectivity index (χ3v) is 4.28. The molecule has 0 bridgehead atoms. The number of aromatic nitrogens is 2. The van der Waals surface area contributed by atoms with Gasteiger partial charge in [0.25, 0.3) is 0 Å². The molecular formula is C15H27N3. The van der Waals surface area contributed by atoms with Crippen molar-refractivity contribution in [3.63, 3.8) is 0 Å². The Bertz CT molecular complexity index is 406. The molecule has 1 saturated carbocycles. The molecule has 18 heavy (non-hydrogen) atoms. The van der Waals surface area contributed by atoms with Gasteiger partial charge in [-0.15, -0.1) is 0 Å². The molecule has 3 nitrogen and oxygen atoms in total. The van der Waals surface area contributed by atoms with E-state index in [4.69, 9.17) is 5.10 Å². The molecule has 1 aliphatic rings. The molecule has 0 amide bonds. The molecule has 2 atom stereocenters. The van der Waals surface area contributed by atoms with E-state index in [1.54, 1.807) is 0 Å². The molecule has 0 radical (unpaired) electrons. The maximum atomic E-state index is 4.69. The molecule has 2 rings (SSSR count). The van der Waals surface area contributed by atoms with E-state index in [0.29, 0.717) is 17.5 Å². The Morgan fingerprint density at radius 3 is 2.72 bits per heavy atom. The van der Waals surface area contributed by atoms with Crippen LogP contribution < -0.4 is 5.32 Å². The fourth-order valence-corrected chi connectivity index (χ4v) is 3.32. The number of hydrogen-bond acceptors (Lipinski definition) is 2. The quantitative estimate of drug-likeness (QED) is 0.888. The summed E-state index contributed by atoms with van der Waals surface area (Å²) in [6.07, 6.45) is 3.70. The maximum absolute atomic E-state index is 4.69. The highest BCUT2D eigenvalue weighted by molar-refractivity contribution is 5.10. The van der Waals surface area contributed by atoms with E-state index in [9.17, 15) is 0 Å². The molecule has 0 spiro atoms. The number of nitrogens with zero attached hydrogens (tertiary/aromatic N) is 2. The lowest BCUT2D eigenvalue weighted by molar-refractivity contribution is 0.240. The number of hydrogen-bond donors (Lipinski definition) is 1. The van der Waals surface area contributed by atoms with Gasteiger partial charge in [-0.25, -0.2) is 0 Å². The zero-order chi connectivity index (χ0) is 13.3. The lowest BCUT2D eigenvalue weighted by atomic mass is 9.86. The highest BCUT2D eigenvalue weighted by Crippen LogP contribution is 2.44. The second-order valence-corrected chi connectivity index (χ2v) is 6.40. The van der Waals surface area contributed by atoms with Gasteiger partial charge in [0.05, 0.1) is 11.7 Å². The first-order valence-electron chi connectivity index (χ1n) is 7.22. The molecule has 1 aliphatic carbocycles. The topological polar surface area (TPSA) is 29.9 Å². The molecule has 0 aromatic carbocycles. The van der Waals surface area contributed by atoms with Gasteiger partial charge in [0.15, 0.2) is 0 Å². The van der Waals surface area contributed by atoms with Crippen molar-refractivity contribution < 1.29 is 0 Å². The van der Waals surface area contributed by atoms with Crippen LogP contribution in [0.1, 0.15) is 57.5 Å². The van der Waals surface area contributed by atoms with Crippen molar-refractivity contribution >= 4 is 0 Å². The van der Waals surface area contributed by atoms with Crippen molar-refractivity contribution in [2.75, 3.05) is 6.54 Å². The van der Waals surface area contributed by atoms with Gasteiger partial charge in [-0.1, -0.05) is 20.8 Å². The van der Waals surface area contributed by atoms with E-state index < -0.39 is 0 Å². The van der Waals surface area contributed by atoms with Crippen molar-refractivity contribution in [2.45, 2.75) is 66.0 Å². The first-order valence-corrected chi connectivity index (χ1v) is 7.22. The summed E-state index contributed by atoms with van der Waals surface area (Å²) in [6.45, 7) is 12.3. The van der Waals surface area contributed by atoms with Gasteiger partial charge in [-0.05, 0) is 51.1 Å². The average molecular weight is 249 g/mol. The largest absolute Gasteiger partial charge is 0.311 e. The van der Waals surface area contributed by atoms with Crippen molar-refractivity contribution in [3.05, 3.63) is 17.5 Å². The second kappa shape index (κ2) is 5.04. The molecule has 102 valence electrons. The van der Waals surface area contributed by atoms with Crippen LogP contribution in [0.4, 0.5) is 0 Å². The van der Waals surface area contributed by atoms with Gasteiger partial charge >= 0.3 is 0 Å². The van der Waals surface area contributed by atoms with E-state index in [2.05, 4.69) is 50.7 Å². The van der Waals surface area contributed by atoms with Crippen LogP contribution in [0.2, 0.25) is 0 Å². The molecule has 1 N–H and O–H groups in total. The normalized spacial score (nSPS) is 26.7. The predicted octanol–water partition coefficient (Wildman–Crippen LogP) is 3.23. The van der Waals surface area contributed by atoms with Crippen LogP contribution in [-0.2, 0) is 0 Å². The minimum atomic E-state index is 0.367. The maximum Gasteiger partial charge on any atom is 0.0680 e. The summed E-state index contributed by atoms with van der Waals surface area (Å²) in [5.74, 6) is 0. The smallest absolute Gasteiger partial charge is 0.0680 e. The lowest BCUT2D eigenvalue weighted by Crippen LogP contribution is -2.43. The first-order chi connectivity index (χ1) is 8.45. The Kier molecular flexibility index (Phi) is 3.81. The molecule has 1 heterocycles. The number of aryl methyl sites for hydroxylation is 2. The predicted molar refractivity (Wildman–Crippen MR) is 75.8 cm³/mol. The van der Waals surface area contributed by atoms with Crippen LogP contribution in [-0.4, -0.2) is 22.4 Å². The highest BCUT2D eigenvalue weighted by Gasteiger charge is 2.43. The van der Waals surface area contributed by atoms with Crippen LogP contribution in [0.5, 0.6) is 0 Å². The van der Waals surface area contributed by atoms with Crippen LogP contribution in [0.15, 0.2) is 6.07 Å². The average Bonchev–Trinajstić information content (AvgIpc) is 2.76. The van der Waals surface area contributed by atoms with E-state index in [1.807, 2.05) is 0 Å². The Morgan fingerprint density at radius 1 is 1.44 bits per heavy atom. The van der Waals surface area contributed by atoms with Gasteiger partial charge in [0, 0.05) is 11.7 Å². The van der Waals surface area contributed by atoms with Gasteiger partial charge in [0.2, 0.25) is 0 Å². The van der Waals surface area contributed by atoms with E-state index >= 15 is 0 Å². The minimum absolute atomic E-state index is 0.367. The minimum Gasteiger partial charge on any atom is -0.311 e. The molecule has 0 saturated heterocycles. The van der Waals surface area contributed by atoms with Crippen LogP contribution in [0.25, 0.3) is 0 Å². The summed E-state index contributed by atoms with van der Waals surface area (Å²) in [4.78, 5) is 0. The SMILES string of the molecule is CCCNC1C(n2nc(C)cc2C)CCC1(C)C. The molecule has 3 heteroatoms. The van der Waals surface area contributed by atoms with Gasteiger partial charge < -0.3 is 5.32 Å². The van der Waals surface area contributed by atoms with E-state index in [1.165, 1.54) is 25.0 Å². The monoisotopic (exact) mass is 249 g/mol. The molecular weight excluding hydrogens is 222 g/mol. The summed E-state index contributed by atoms with van der Waals surface area (Å²) < 4.78 is 2.25. The Hall–Kier alpha value is -0.830. The van der Waals surface area contributed by atoms with Crippen molar-refractivity contribution in [1.82, 2.24) is 15.1 Å². The Balaban J connectivity index is 2.23.